The van der Waals surface area contributed by atoms with E-state index in [4.69, 9.17) is 9.15 Å². The first kappa shape index (κ1) is 19.3. The van der Waals surface area contributed by atoms with Crippen molar-refractivity contribution in [2.45, 2.75) is 25.2 Å². The molecule has 1 aromatic carbocycles. The molecule has 0 radical (unpaired) electrons. The Hall–Kier alpha value is -2.65. The monoisotopic (exact) mass is 425 g/mol. The summed E-state index contributed by atoms with van der Waals surface area (Å²) < 4.78 is 11.0. The molecule has 1 saturated heterocycles. The Bertz CT molecular complexity index is 1110. The highest BCUT2D eigenvalue weighted by molar-refractivity contribution is 7.16. The van der Waals surface area contributed by atoms with Crippen molar-refractivity contribution in [1.82, 2.24) is 9.97 Å². The zero-order valence-corrected chi connectivity index (χ0v) is 17.1. The van der Waals surface area contributed by atoms with E-state index in [1.807, 2.05) is 36.5 Å². The van der Waals surface area contributed by atoms with Crippen LogP contribution in [-0.4, -0.2) is 33.4 Å². The SMILES string of the molecule is OC(Nc1nc(-c2ccco2)c(C(O)C2CCOCC2)s1)c1cccc2[nH]ccc12. The Balaban J connectivity index is 1.46. The van der Waals surface area contributed by atoms with Crippen LogP contribution < -0.4 is 5.32 Å². The Morgan fingerprint density at radius 3 is 2.80 bits per heavy atom. The number of aromatic nitrogens is 2. The predicted molar refractivity (Wildman–Crippen MR) is 115 cm³/mol. The van der Waals surface area contributed by atoms with Gasteiger partial charge in [-0.05, 0) is 43.0 Å². The van der Waals surface area contributed by atoms with Crippen molar-refractivity contribution in [3.8, 4) is 11.5 Å². The summed E-state index contributed by atoms with van der Waals surface area (Å²) in [4.78, 5) is 8.55. The number of nitrogens with one attached hydrogen (secondary N) is 2. The second-order valence-corrected chi connectivity index (χ2v) is 8.47. The highest BCUT2D eigenvalue weighted by Crippen LogP contribution is 2.41. The van der Waals surface area contributed by atoms with Crippen LogP contribution in [0.4, 0.5) is 5.13 Å². The lowest BCUT2D eigenvalue weighted by atomic mass is 9.92. The standard InChI is InChI=1S/C22H23N3O4S/c26-19(13-7-11-28-12-8-13)20-18(17-5-2-10-29-17)24-22(30-20)25-21(27)15-3-1-4-16-14(15)6-9-23-16/h1-6,9-10,13,19,21,23,26-27H,7-8,11-12H2,(H,24,25). The van der Waals surface area contributed by atoms with E-state index in [1.54, 1.807) is 12.3 Å². The smallest absolute Gasteiger partial charge is 0.185 e. The molecule has 0 saturated carbocycles. The van der Waals surface area contributed by atoms with Crippen molar-refractivity contribution >= 4 is 27.4 Å². The number of aliphatic hydroxyl groups is 2. The molecule has 8 heteroatoms. The number of rotatable bonds is 6. The highest BCUT2D eigenvalue weighted by atomic mass is 32.1. The van der Waals surface area contributed by atoms with Crippen LogP contribution in [0.25, 0.3) is 22.4 Å². The number of furan rings is 1. The van der Waals surface area contributed by atoms with E-state index in [0.717, 1.165) is 34.2 Å². The number of thiazole rings is 1. The molecule has 0 bridgehead atoms. The van der Waals surface area contributed by atoms with Gasteiger partial charge in [-0.3, -0.25) is 0 Å². The van der Waals surface area contributed by atoms with Crippen molar-refractivity contribution in [3.63, 3.8) is 0 Å². The number of H-pyrrole nitrogens is 1. The van der Waals surface area contributed by atoms with Crippen molar-refractivity contribution in [2.75, 3.05) is 18.5 Å². The van der Waals surface area contributed by atoms with Crippen molar-refractivity contribution < 1.29 is 19.4 Å². The number of ether oxygens (including phenoxy) is 1. The Kier molecular flexibility index (Phi) is 5.30. The fourth-order valence-electron chi connectivity index (χ4n) is 3.97. The van der Waals surface area contributed by atoms with Gasteiger partial charge in [-0.15, -0.1) is 0 Å². The zero-order valence-electron chi connectivity index (χ0n) is 16.2. The lowest BCUT2D eigenvalue weighted by Crippen LogP contribution is -2.21. The number of anilines is 1. The molecular weight excluding hydrogens is 402 g/mol. The summed E-state index contributed by atoms with van der Waals surface area (Å²) in [5.41, 5.74) is 2.33. The Morgan fingerprint density at radius 1 is 1.13 bits per heavy atom. The lowest BCUT2D eigenvalue weighted by Gasteiger charge is -2.26. The lowest BCUT2D eigenvalue weighted by molar-refractivity contribution is 0.00862. The molecule has 4 heterocycles. The molecule has 4 aromatic rings. The van der Waals surface area contributed by atoms with Gasteiger partial charge in [-0.1, -0.05) is 23.5 Å². The van der Waals surface area contributed by atoms with E-state index < -0.39 is 12.3 Å². The number of aromatic amines is 1. The molecule has 5 rings (SSSR count). The first-order chi connectivity index (χ1) is 14.7. The van der Waals surface area contributed by atoms with Crippen LogP contribution in [0, 0.1) is 5.92 Å². The first-order valence-corrected chi connectivity index (χ1v) is 10.8. The van der Waals surface area contributed by atoms with Gasteiger partial charge in [0.15, 0.2) is 17.1 Å². The number of aliphatic hydroxyl groups excluding tert-OH is 2. The minimum Gasteiger partial charge on any atom is -0.463 e. The second kappa shape index (κ2) is 8.23. The van der Waals surface area contributed by atoms with Gasteiger partial charge in [0.05, 0.1) is 17.2 Å². The molecular formula is C22H23N3O4S. The van der Waals surface area contributed by atoms with Crippen molar-refractivity contribution in [1.29, 1.82) is 0 Å². The molecule has 156 valence electrons. The van der Waals surface area contributed by atoms with Gasteiger partial charge in [0, 0.05) is 35.9 Å². The zero-order chi connectivity index (χ0) is 20.5. The van der Waals surface area contributed by atoms with Crippen LogP contribution in [0.5, 0.6) is 0 Å². The molecule has 3 aromatic heterocycles. The van der Waals surface area contributed by atoms with E-state index in [0.29, 0.717) is 29.8 Å². The highest BCUT2D eigenvalue weighted by Gasteiger charge is 2.30. The van der Waals surface area contributed by atoms with Gasteiger partial charge in [-0.25, -0.2) is 4.98 Å². The molecule has 1 aliphatic heterocycles. The number of fused-ring (bicyclic) bond motifs is 1. The van der Waals surface area contributed by atoms with Crippen LogP contribution in [0.2, 0.25) is 0 Å². The number of nitrogens with zero attached hydrogens (tertiary/aromatic N) is 1. The molecule has 1 aliphatic rings. The molecule has 7 nitrogen and oxygen atoms in total. The summed E-state index contributed by atoms with van der Waals surface area (Å²) in [5, 5.41) is 26.5. The van der Waals surface area contributed by atoms with Crippen LogP contribution in [-0.2, 0) is 4.74 Å². The summed E-state index contributed by atoms with van der Waals surface area (Å²) >= 11 is 1.35. The second-order valence-electron chi connectivity index (χ2n) is 7.44. The molecule has 0 aliphatic carbocycles. The summed E-state index contributed by atoms with van der Waals surface area (Å²) in [6.07, 6.45) is 3.45. The third-order valence-electron chi connectivity index (χ3n) is 5.57. The van der Waals surface area contributed by atoms with Crippen molar-refractivity contribution in [2.24, 2.45) is 5.92 Å². The summed E-state index contributed by atoms with van der Waals surface area (Å²) in [7, 11) is 0. The Labute approximate surface area is 177 Å². The van der Waals surface area contributed by atoms with E-state index in [1.165, 1.54) is 11.3 Å². The summed E-state index contributed by atoms with van der Waals surface area (Å²) in [6, 6.07) is 11.3. The van der Waals surface area contributed by atoms with Crippen LogP contribution in [0.3, 0.4) is 0 Å². The van der Waals surface area contributed by atoms with E-state index in [2.05, 4.69) is 15.3 Å². The normalized spacial score (nSPS) is 17.3. The van der Waals surface area contributed by atoms with Crippen molar-refractivity contribution in [3.05, 3.63) is 59.3 Å². The van der Waals surface area contributed by atoms with E-state index in [9.17, 15) is 10.2 Å². The largest absolute Gasteiger partial charge is 0.463 e. The van der Waals surface area contributed by atoms with E-state index in [-0.39, 0.29) is 5.92 Å². The molecule has 0 spiro atoms. The third-order valence-corrected chi connectivity index (χ3v) is 6.63. The van der Waals surface area contributed by atoms with Gasteiger partial charge >= 0.3 is 0 Å². The van der Waals surface area contributed by atoms with Crippen LogP contribution >= 0.6 is 11.3 Å². The molecule has 2 atom stereocenters. The molecule has 0 amide bonds. The number of hydrogen-bond acceptors (Lipinski definition) is 7. The summed E-state index contributed by atoms with van der Waals surface area (Å²) in [6.45, 7) is 1.31. The van der Waals surface area contributed by atoms with Crippen LogP contribution in [0.15, 0.2) is 53.3 Å². The molecule has 4 N–H and O–H groups in total. The fourth-order valence-corrected chi connectivity index (χ4v) is 5.04. The van der Waals surface area contributed by atoms with Gasteiger partial charge in [0.2, 0.25) is 0 Å². The van der Waals surface area contributed by atoms with Gasteiger partial charge < -0.3 is 29.7 Å². The molecule has 2 unspecified atom stereocenters. The molecule has 1 fully saturated rings. The van der Waals surface area contributed by atoms with Gasteiger partial charge in [0.1, 0.15) is 5.69 Å². The number of hydrogen-bond donors (Lipinski definition) is 4. The maximum atomic E-state index is 11.1. The minimum absolute atomic E-state index is 0.110. The van der Waals surface area contributed by atoms with E-state index >= 15 is 0 Å². The fraction of sp³-hybridized carbons (Fsp3) is 0.318. The topological polar surface area (TPSA) is 104 Å². The average Bonchev–Trinajstić information content (AvgIpc) is 3.53. The first-order valence-electron chi connectivity index (χ1n) is 10.0. The third kappa shape index (κ3) is 3.63. The maximum Gasteiger partial charge on any atom is 0.185 e. The number of benzene rings is 1. The Morgan fingerprint density at radius 2 is 2.00 bits per heavy atom. The quantitative estimate of drug-likeness (QED) is 0.340. The predicted octanol–water partition coefficient (Wildman–Crippen LogP) is 4.45. The average molecular weight is 426 g/mol. The minimum atomic E-state index is -0.937. The maximum absolute atomic E-state index is 11.1. The molecule has 30 heavy (non-hydrogen) atoms. The van der Waals surface area contributed by atoms with Gasteiger partial charge in [0.25, 0.3) is 0 Å². The summed E-state index contributed by atoms with van der Waals surface area (Å²) in [5.74, 6) is 0.710. The van der Waals surface area contributed by atoms with Crippen LogP contribution in [0.1, 0.15) is 35.6 Å². The van der Waals surface area contributed by atoms with Gasteiger partial charge in [-0.2, -0.15) is 0 Å².